The molecular weight excluding hydrogens is 440 g/mol. The number of benzene rings is 2. The summed E-state index contributed by atoms with van der Waals surface area (Å²) in [6, 6.07) is 14.8. The van der Waals surface area contributed by atoms with Crippen LogP contribution in [-0.2, 0) is 6.42 Å². The van der Waals surface area contributed by atoms with E-state index in [4.69, 9.17) is 22.1 Å². The van der Waals surface area contributed by atoms with Gasteiger partial charge in [-0.25, -0.2) is 9.78 Å². The number of hydrogen-bond donors (Lipinski definition) is 2. The van der Waals surface area contributed by atoms with Gasteiger partial charge in [0.25, 0.3) is 0 Å². The van der Waals surface area contributed by atoms with Gasteiger partial charge in [0.05, 0.1) is 21.9 Å². The summed E-state index contributed by atoms with van der Waals surface area (Å²) in [5.41, 5.74) is 10.0. The van der Waals surface area contributed by atoms with E-state index in [0.29, 0.717) is 22.5 Å². The first-order valence-electron chi connectivity index (χ1n) is 9.16. The number of nitrogen functional groups attached to an aromatic ring is 1. The molecular formula is C22H15ClN2O3S2. The molecule has 5 nitrogen and oxygen atoms in total. The first kappa shape index (κ1) is 19.1. The van der Waals surface area contributed by atoms with Crippen LogP contribution >= 0.6 is 34.3 Å². The van der Waals surface area contributed by atoms with Crippen molar-refractivity contribution in [2.75, 3.05) is 12.3 Å². The normalized spacial score (nSPS) is 12.6. The topological polar surface area (TPSA) is 85.4 Å². The van der Waals surface area contributed by atoms with Crippen LogP contribution in [0.15, 0.2) is 48.5 Å². The zero-order valence-corrected chi connectivity index (χ0v) is 17.9. The minimum atomic E-state index is -0.972. The smallest absolute Gasteiger partial charge is 0.335 e. The monoisotopic (exact) mass is 454 g/mol. The number of ether oxygens (including phenoxy) is 1. The highest BCUT2D eigenvalue weighted by Gasteiger charge is 2.24. The number of thiophene rings is 1. The van der Waals surface area contributed by atoms with Gasteiger partial charge in [-0.1, -0.05) is 41.1 Å². The number of halogens is 1. The summed E-state index contributed by atoms with van der Waals surface area (Å²) in [5.74, 6) is -0.383. The fourth-order valence-electron chi connectivity index (χ4n) is 3.52. The van der Waals surface area contributed by atoms with Gasteiger partial charge in [-0.2, -0.15) is 0 Å². The lowest BCUT2D eigenvalue weighted by Gasteiger charge is -2.08. The number of rotatable bonds is 3. The van der Waals surface area contributed by atoms with Gasteiger partial charge in [-0.15, -0.1) is 11.3 Å². The molecule has 0 radical (unpaired) electrons. The standard InChI is InChI=1S/C22H15ClN2O3S2/c23-15-4-2-1-3-13(15)20-18(25-22(24)30-20)17-10-11-7-8-28-16-9-12(21(26)27)5-6-14(16)19(11)29-17/h1-6,9-10H,7-8H2,(H2,24,25)(H,26,27). The summed E-state index contributed by atoms with van der Waals surface area (Å²) in [4.78, 5) is 18.9. The van der Waals surface area contributed by atoms with Crippen molar-refractivity contribution >= 4 is 45.4 Å². The second-order valence-corrected chi connectivity index (χ2v) is 9.28. The van der Waals surface area contributed by atoms with Crippen LogP contribution in [0.25, 0.3) is 31.5 Å². The lowest BCUT2D eigenvalue weighted by Crippen LogP contribution is -2.00. The average molecular weight is 455 g/mol. The van der Waals surface area contributed by atoms with Gasteiger partial charge in [-0.05, 0) is 35.9 Å². The first-order valence-corrected chi connectivity index (χ1v) is 11.2. The predicted octanol–water partition coefficient (Wildman–Crippen LogP) is 6.07. The number of hydrogen-bond acceptors (Lipinski definition) is 6. The fourth-order valence-corrected chi connectivity index (χ4v) is 6.00. The van der Waals surface area contributed by atoms with Crippen LogP contribution < -0.4 is 10.5 Å². The number of anilines is 1. The van der Waals surface area contributed by atoms with E-state index in [9.17, 15) is 9.90 Å². The Kier molecular flexibility index (Phi) is 4.73. The molecule has 0 saturated heterocycles. The first-order chi connectivity index (χ1) is 14.5. The van der Waals surface area contributed by atoms with Gasteiger partial charge in [-0.3, -0.25) is 0 Å². The molecule has 0 bridgehead atoms. The van der Waals surface area contributed by atoms with E-state index in [1.165, 1.54) is 11.3 Å². The minimum absolute atomic E-state index is 0.210. The van der Waals surface area contributed by atoms with E-state index >= 15 is 0 Å². The highest BCUT2D eigenvalue weighted by atomic mass is 35.5. The van der Waals surface area contributed by atoms with Crippen LogP contribution in [0.4, 0.5) is 5.13 Å². The molecule has 0 spiro atoms. The molecule has 0 atom stereocenters. The molecule has 1 aliphatic heterocycles. The zero-order chi connectivity index (χ0) is 20.8. The average Bonchev–Trinajstić information content (AvgIpc) is 3.27. The summed E-state index contributed by atoms with van der Waals surface area (Å²) < 4.78 is 5.83. The van der Waals surface area contributed by atoms with Crippen LogP contribution in [0, 0.1) is 0 Å². The molecule has 4 aromatic rings. The van der Waals surface area contributed by atoms with Crippen LogP contribution in [0.2, 0.25) is 5.02 Å². The quantitative estimate of drug-likeness (QED) is 0.392. The Bertz CT molecular complexity index is 1300. The Hall–Kier alpha value is -2.87. The molecule has 2 aromatic heterocycles. The number of fused-ring (bicyclic) bond motifs is 3. The second-order valence-electron chi connectivity index (χ2n) is 6.79. The van der Waals surface area contributed by atoms with E-state index in [1.54, 1.807) is 23.5 Å². The van der Waals surface area contributed by atoms with Crippen molar-refractivity contribution in [3.05, 3.63) is 64.7 Å². The maximum Gasteiger partial charge on any atom is 0.335 e. The Morgan fingerprint density at radius 1 is 1.10 bits per heavy atom. The molecule has 1 aliphatic rings. The van der Waals surface area contributed by atoms with Gasteiger partial charge in [0, 0.05) is 27.4 Å². The molecule has 150 valence electrons. The molecule has 0 fully saturated rings. The number of carboxylic acids is 1. The second kappa shape index (κ2) is 7.43. The van der Waals surface area contributed by atoms with Crippen molar-refractivity contribution in [2.45, 2.75) is 6.42 Å². The van der Waals surface area contributed by atoms with Gasteiger partial charge in [0.15, 0.2) is 5.13 Å². The van der Waals surface area contributed by atoms with Crippen LogP contribution in [-0.4, -0.2) is 22.7 Å². The summed E-state index contributed by atoms with van der Waals surface area (Å²) in [6.07, 6.45) is 0.726. The van der Waals surface area contributed by atoms with Gasteiger partial charge in [0.2, 0.25) is 0 Å². The Morgan fingerprint density at radius 2 is 1.93 bits per heavy atom. The maximum absolute atomic E-state index is 11.3. The van der Waals surface area contributed by atoms with Crippen molar-refractivity contribution < 1.29 is 14.6 Å². The molecule has 0 amide bonds. The molecule has 3 N–H and O–H groups in total. The van der Waals surface area contributed by atoms with Crippen molar-refractivity contribution in [2.24, 2.45) is 0 Å². The van der Waals surface area contributed by atoms with Crippen molar-refractivity contribution in [3.63, 3.8) is 0 Å². The van der Waals surface area contributed by atoms with Gasteiger partial charge in [0.1, 0.15) is 11.4 Å². The largest absolute Gasteiger partial charge is 0.493 e. The van der Waals surface area contributed by atoms with Gasteiger partial charge >= 0.3 is 5.97 Å². The third kappa shape index (κ3) is 3.25. The van der Waals surface area contributed by atoms with E-state index in [2.05, 4.69) is 11.1 Å². The van der Waals surface area contributed by atoms with Crippen LogP contribution in [0.1, 0.15) is 15.9 Å². The fraction of sp³-hybridized carbons (Fsp3) is 0.0909. The molecule has 2 aromatic carbocycles. The van der Waals surface area contributed by atoms with Crippen LogP contribution in [0.5, 0.6) is 5.75 Å². The van der Waals surface area contributed by atoms with E-state index in [-0.39, 0.29) is 5.56 Å². The number of aromatic nitrogens is 1. The summed E-state index contributed by atoms with van der Waals surface area (Å²) >= 11 is 9.46. The maximum atomic E-state index is 11.3. The molecule has 0 saturated carbocycles. The summed E-state index contributed by atoms with van der Waals surface area (Å²) in [5, 5.41) is 10.4. The summed E-state index contributed by atoms with van der Waals surface area (Å²) in [7, 11) is 0. The van der Waals surface area contributed by atoms with E-state index in [1.807, 2.05) is 30.3 Å². The number of thiazole rings is 1. The lowest BCUT2D eigenvalue weighted by molar-refractivity contribution is 0.0696. The highest BCUT2D eigenvalue weighted by Crippen LogP contribution is 2.48. The molecule has 30 heavy (non-hydrogen) atoms. The van der Waals surface area contributed by atoms with Gasteiger partial charge < -0.3 is 15.6 Å². The predicted molar refractivity (Wildman–Crippen MR) is 122 cm³/mol. The Labute approximate surface area is 185 Å². The Morgan fingerprint density at radius 3 is 2.73 bits per heavy atom. The Balaban J connectivity index is 1.65. The third-order valence-corrected chi connectivity index (χ3v) is 7.37. The highest BCUT2D eigenvalue weighted by molar-refractivity contribution is 7.21. The zero-order valence-electron chi connectivity index (χ0n) is 15.5. The van der Waals surface area contributed by atoms with Crippen molar-refractivity contribution in [3.8, 4) is 37.2 Å². The van der Waals surface area contributed by atoms with Crippen molar-refractivity contribution in [1.82, 2.24) is 4.98 Å². The number of aromatic carboxylic acids is 1. The molecule has 0 unspecified atom stereocenters. The molecule has 5 rings (SSSR count). The number of nitrogens with zero attached hydrogens (tertiary/aromatic N) is 1. The third-order valence-electron chi connectivity index (χ3n) is 4.91. The lowest BCUT2D eigenvalue weighted by atomic mass is 10.0. The van der Waals surface area contributed by atoms with Crippen molar-refractivity contribution in [1.29, 1.82) is 0 Å². The number of nitrogens with two attached hydrogens (primary N) is 1. The molecule has 0 aliphatic carbocycles. The molecule has 8 heteroatoms. The van der Waals surface area contributed by atoms with Crippen LogP contribution in [0.3, 0.4) is 0 Å². The number of carbonyl (C=O) groups is 1. The van der Waals surface area contributed by atoms with E-state index in [0.717, 1.165) is 43.4 Å². The molecule has 3 heterocycles. The number of carboxylic acid groups (broad SMARTS) is 1. The SMILES string of the molecule is Nc1nc(-c2cc3c(s2)-c2ccc(C(=O)O)cc2OCC3)c(-c2ccccc2Cl)s1. The van der Waals surface area contributed by atoms with E-state index < -0.39 is 5.97 Å². The summed E-state index contributed by atoms with van der Waals surface area (Å²) in [6.45, 7) is 0.482. The minimum Gasteiger partial charge on any atom is -0.493 e.